The molecule has 0 spiro atoms. The zero-order valence-corrected chi connectivity index (χ0v) is 17.1. The highest BCUT2D eigenvalue weighted by molar-refractivity contribution is 14.0. The number of hydrogen-bond donors (Lipinski definition) is 2. The van der Waals surface area contributed by atoms with Crippen molar-refractivity contribution >= 4 is 47.0 Å². The highest BCUT2D eigenvalue weighted by Gasteiger charge is 2.02. The largest absolute Gasteiger partial charge is 0.378 e. The third kappa shape index (κ3) is 6.34. The fourth-order valence-electron chi connectivity index (χ4n) is 1.96. The first-order valence-corrected chi connectivity index (χ1v) is 8.02. The van der Waals surface area contributed by atoms with E-state index in [0.29, 0.717) is 6.54 Å². The Balaban J connectivity index is 0.00000264. The van der Waals surface area contributed by atoms with Crippen molar-refractivity contribution < 1.29 is 0 Å². The number of hydrogen-bond acceptors (Lipinski definition) is 4. The first-order chi connectivity index (χ1) is 10.6. The summed E-state index contributed by atoms with van der Waals surface area (Å²) in [6.45, 7) is 3.49. The molecule has 0 aliphatic rings. The lowest BCUT2D eigenvalue weighted by Crippen LogP contribution is -2.36. The predicted octanol–water partition coefficient (Wildman–Crippen LogP) is 3.00. The van der Waals surface area contributed by atoms with Gasteiger partial charge in [-0.1, -0.05) is 12.1 Å². The Bertz CT molecular complexity index is 622. The molecule has 23 heavy (non-hydrogen) atoms. The van der Waals surface area contributed by atoms with E-state index in [-0.39, 0.29) is 24.0 Å². The van der Waals surface area contributed by atoms with Gasteiger partial charge in [-0.25, -0.2) is 4.98 Å². The van der Waals surface area contributed by atoms with Crippen molar-refractivity contribution in [3.63, 3.8) is 0 Å². The summed E-state index contributed by atoms with van der Waals surface area (Å²) in [5.74, 6) is 0.782. The summed E-state index contributed by atoms with van der Waals surface area (Å²) in [5.41, 5.74) is 2.42. The summed E-state index contributed by atoms with van der Waals surface area (Å²) in [6.07, 6.45) is 1.89. The molecule has 2 aromatic rings. The highest BCUT2D eigenvalue weighted by Crippen LogP contribution is 2.12. The predicted molar refractivity (Wildman–Crippen MR) is 110 cm³/mol. The first kappa shape index (κ1) is 19.7. The molecule has 5 nitrogen and oxygen atoms in total. The second kappa shape index (κ2) is 9.71. The molecule has 0 bridgehead atoms. The van der Waals surface area contributed by atoms with Crippen LogP contribution in [0.4, 0.5) is 5.69 Å². The molecule has 0 aliphatic heterocycles. The lowest BCUT2D eigenvalue weighted by Gasteiger charge is -2.14. The monoisotopic (exact) mass is 445 g/mol. The van der Waals surface area contributed by atoms with E-state index < -0.39 is 0 Å². The molecule has 2 N–H and O–H groups in total. The third-order valence-corrected chi connectivity index (χ3v) is 4.13. The fraction of sp³-hybridized carbons (Fsp3) is 0.375. The summed E-state index contributed by atoms with van der Waals surface area (Å²) in [6, 6.07) is 8.48. The van der Waals surface area contributed by atoms with Crippen LogP contribution in [0.25, 0.3) is 0 Å². The van der Waals surface area contributed by atoms with E-state index in [9.17, 15) is 0 Å². The summed E-state index contributed by atoms with van der Waals surface area (Å²) in [4.78, 5) is 11.9. The molecule has 1 aromatic heterocycles. The van der Waals surface area contributed by atoms with Crippen LogP contribution in [-0.4, -0.2) is 32.1 Å². The van der Waals surface area contributed by atoms with E-state index >= 15 is 0 Å². The molecule has 1 aromatic carbocycles. The normalized spacial score (nSPS) is 10.9. The van der Waals surface area contributed by atoms with Crippen LogP contribution in [0, 0.1) is 6.92 Å². The van der Waals surface area contributed by atoms with Crippen LogP contribution in [-0.2, 0) is 13.1 Å². The van der Waals surface area contributed by atoms with Gasteiger partial charge >= 0.3 is 0 Å². The van der Waals surface area contributed by atoms with Gasteiger partial charge in [-0.15, -0.1) is 35.3 Å². The lowest BCUT2D eigenvalue weighted by atomic mass is 10.2. The zero-order valence-electron chi connectivity index (χ0n) is 14.0. The van der Waals surface area contributed by atoms with Gasteiger partial charge in [0.25, 0.3) is 0 Å². The number of thiazole rings is 1. The number of aryl methyl sites for hydroxylation is 1. The second-order valence-electron chi connectivity index (χ2n) is 5.20. The van der Waals surface area contributed by atoms with Crippen LogP contribution in [0.1, 0.15) is 15.4 Å². The van der Waals surface area contributed by atoms with Crippen molar-refractivity contribution in [2.75, 3.05) is 26.0 Å². The van der Waals surface area contributed by atoms with Gasteiger partial charge in [0.15, 0.2) is 5.96 Å². The molecule has 0 aliphatic carbocycles. The Kier molecular flexibility index (Phi) is 8.32. The maximum Gasteiger partial charge on any atom is 0.191 e. The molecule has 0 saturated heterocycles. The Hall–Kier alpha value is -1.35. The minimum Gasteiger partial charge on any atom is -0.378 e. The van der Waals surface area contributed by atoms with Gasteiger partial charge in [0.2, 0.25) is 0 Å². The zero-order chi connectivity index (χ0) is 15.9. The number of rotatable bonds is 5. The summed E-state index contributed by atoms with van der Waals surface area (Å²) < 4.78 is 0. The maximum absolute atomic E-state index is 4.34. The van der Waals surface area contributed by atoms with Crippen LogP contribution in [0.3, 0.4) is 0 Å². The van der Waals surface area contributed by atoms with E-state index in [1.54, 1.807) is 18.4 Å². The second-order valence-corrected chi connectivity index (χ2v) is 6.52. The highest BCUT2D eigenvalue weighted by atomic mass is 127. The molecule has 1 heterocycles. The van der Waals surface area contributed by atoms with Crippen molar-refractivity contribution in [2.24, 2.45) is 4.99 Å². The minimum atomic E-state index is 0. The Morgan fingerprint density at radius 2 is 1.83 bits per heavy atom. The van der Waals surface area contributed by atoms with E-state index in [2.05, 4.69) is 56.7 Å². The number of nitrogens with one attached hydrogen (secondary N) is 2. The molecule has 0 fully saturated rings. The minimum absolute atomic E-state index is 0. The Morgan fingerprint density at radius 3 is 2.35 bits per heavy atom. The number of benzene rings is 1. The van der Waals surface area contributed by atoms with E-state index in [1.807, 2.05) is 20.3 Å². The maximum atomic E-state index is 4.34. The van der Waals surface area contributed by atoms with Gasteiger partial charge in [-0.3, -0.25) is 4.99 Å². The van der Waals surface area contributed by atoms with E-state index in [0.717, 1.165) is 17.5 Å². The molecule has 2 rings (SSSR count). The average molecular weight is 445 g/mol. The quantitative estimate of drug-likeness (QED) is 0.422. The summed E-state index contributed by atoms with van der Waals surface area (Å²) >= 11 is 1.70. The molecule has 0 radical (unpaired) electrons. The Labute approximate surface area is 159 Å². The van der Waals surface area contributed by atoms with Crippen LogP contribution >= 0.6 is 35.3 Å². The van der Waals surface area contributed by atoms with Crippen LogP contribution in [0.2, 0.25) is 0 Å². The Morgan fingerprint density at radius 1 is 1.17 bits per heavy atom. The van der Waals surface area contributed by atoms with Gasteiger partial charge in [0.1, 0.15) is 5.01 Å². The molecule has 0 amide bonds. The molecular formula is C16H24IN5S. The molecule has 0 atom stereocenters. The summed E-state index contributed by atoms with van der Waals surface area (Å²) in [5, 5.41) is 7.66. The molecule has 0 unspecified atom stereocenters. The summed E-state index contributed by atoms with van der Waals surface area (Å²) in [7, 11) is 5.86. The average Bonchev–Trinajstić information content (AvgIpc) is 2.93. The van der Waals surface area contributed by atoms with Gasteiger partial charge in [-0.05, 0) is 24.6 Å². The van der Waals surface area contributed by atoms with Crippen molar-refractivity contribution in [3.05, 3.63) is 45.9 Å². The fourth-order valence-corrected chi connectivity index (χ4v) is 2.69. The van der Waals surface area contributed by atoms with Gasteiger partial charge < -0.3 is 15.5 Å². The molecule has 0 saturated carbocycles. The molecule has 126 valence electrons. The number of aromatic nitrogens is 1. The molecular weight excluding hydrogens is 421 g/mol. The van der Waals surface area contributed by atoms with Gasteiger partial charge in [0, 0.05) is 44.4 Å². The lowest BCUT2D eigenvalue weighted by molar-refractivity contribution is 0.805. The third-order valence-electron chi connectivity index (χ3n) is 3.21. The van der Waals surface area contributed by atoms with Crippen LogP contribution in [0.5, 0.6) is 0 Å². The van der Waals surface area contributed by atoms with Crippen molar-refractivity contribution in [1.82, 2.24) is 15.6 Å². The number of nitrogens with zero attached hydrogens (tertiary/aromatic N) is 3. The number of anilines is 1. The number of halogens is 1. The van der Waals surface area contributed by atoms with E-state index in [1.165, 1.54) is 16.1 Å². The van der Waals surface area contributed by atoms with Gasteiger partial charge in [-0.2, -0.15) is 0 Å². The number of aliphatic imine (C=N–C) groups is 1. The molecule has 7 heteroatoms. The van der Waals surface area contributed by atoms with E-state index in [4.69, 9.17) is 0 Å². The SMILES string of the molecule is CN=C(NCc1ccc(N(C)C)cc1)NCc1ncc(C)s1.I. The van der Waals surface area contributed by atoms with Crippen LogP contribution in [0.15, 0.2) is 35.5 Å². The van der Waals surface area contributed by atoms with Crippen molar-refractivity contribution in [2.45, 2.75) is 20.0 Å². The topological polar surface area (TPSA) is 52.6 Å². The number of guanidine groups is 1. The van der Waals surface area contributed by atoms with Crippen LogP contribution < -0.4 is 15.5 Å². The van der Waals surface area contributed by atoms with Crippen molar-refractivity contribution in [3.8, 4) is 0 Å². The van der Waals surface area contributed by atoms with Gasteiger partial charge in [0.05, 0.1) is 6.54 Å². The smallest absolute Gasteiger partial charge is 0.191 e. The first-order valence-electron chi connectivity index (χ1n) is 7.20. The van der Waals surface area contributed by atoms with Crippen molar-refractivity contribution in [1.29, 1.82) is 0 Å². The standard InChI is InChI=1S/C16H23N5S.HI/c1-12-9-18-15(22-12)11-20-16(17-2)19-10-13-5-7-14(8-6-13)21(3)4;/h5-9H,10-11H2,1-4H3,(H2,17,19,20);1H.